The Labute approximate surface area is 160 Å². The predicted molar refractivity (Wildman–Crippen MR) is 106 cm³/mol. The van der Waals surface area contributed by atoms with Gasteiger partial charge in [0, 0.05) is 19.0 Å². The fourth-order valence-electron chi connectivity index (χ4n) is 2.94. The lowest BCUT2D eigenvalue weighted by Crippen LogP contribution is -2.27. The van der Waals surface area contributed by atoms with Gasteiger partial charge < -0.3 is 9.88 Å². The Balaban J connectivity index is 1.42. The molecule has 1 amide bonds. The van der Waals surface area contributed by atoms with E-state index in [4.69, 9.17) is 0 Å². The van der Waals surface area contributed by atoms with Crippen molar-refractivity contribution in [3.8, 4) is 0 Å². The molecule has 1 N–H and O–H groups in total. The Bertz CT molecular complexity index is 735. The number of hydrogen-bond donors (Lipinski definition) is 1. The third-order valence-corrected chi connectivity index (χ3v) is 5.69. The van der Waals surface area contributed by atoms with Crippen LogP contribution in [0.5, 0.6) is 0 Å². The van der Waals surface area contributed by atoms with Gasteiger partial charge in [-0.3, -0.25) is 4.79 Å². The summed E-state index contributed by atoms with van der Waals surface area (Å²) in [5.74, 6) is 2.64. The summed E-state index contributed by atoms with van der Waals surface area (Å²) in [5.41, 5.74) is 2.60. The van der Waals surface area contributed by atoms with Crippen molar-refractivity contribution < 1.29 is 4.79 Å². The summed E-state index contributed by atoms with van der Waals surface area (Å²) in [4.78, 5) is 12.1. The van der Waals surface area contributed by atoms with Crippen LogP contribution in [0, 0.1) is 0 Å². The number of carbonyl (C=O) groups excluding carboxylic acids is 1. The average molecular weight is 373 g/mol. The lowest BCUT2D eigenvalue weighted by molar-refractivity contribution is -0.118. The van der Waals surface area contributed by atoms with Crippen molar-refractivity contribution in [2.45, 2.75) is 63.6 Å². The molecule has 1 heterocycles. The SMILES string of the molecule is CCn1c(SCC(=O)NCCc2ccc(C(C)C)cc2)nnc1C1CC1. The van der Waals surface area contributed by atoms with E-state index in [9.17, 15) is 4.79 Å². The first-order valence-electron chi connectivity index (χ1n) is 9.50. The lowest BCUT2D eigenvalue weighted by Gasteiger charge is -2.08. The van der Waals surface area contributed by atoms with Crippen LogP contribution in [0.4, 0.5) is 0 Å². The zero-order valence-electron chi connectivity index (χ0n) is 15.9. The topological polar surface area (TPSA) is 59.8 Å². The van der Waals surface area contributed by atoms with Crippen molar-refractivity contribution in [2.75, 3.05) is 12.3 Å². The van der Waals surface area contributed by atoms with Crippen LogP contribution >= 0.6 is 11.8 Å². The smallest absolute Gasteiger partial charge is 0.230 e. The number of benzene rings is 1. The zero-order chi connectivity index (χ0) is 18.5. The third-order valence-electron chi connectivity index (χ3n) is 4.72. The van der Waals surface area contributed by atoms with Crippen LogP contribution in [0.25, 0.3) is 0 Å². The molecule has 140 valence electrons. The second kappa shape index (κ2) is 8.71. The summed E-state index contributed by atoms with van der Waals surface area (Å²) in [5, 5.41) is 12.4. The fraction of sp³-hybridized carbons (Fsp3) is 0.550. The van der Waals surface area contributed by atoms with E-state index < -0.39 is 0 Å². The molecule has 1 aromatic carbocycles. The maximum absolute atomic E-state index is 12.1. The van der Waals surface area contributed by atoms with E-state index in [1.807, 2.05) is 0 Å². The summed E-state index contributed by atoms with van der Waals surface area (Å²) in [6, 6.07) is 8.65. The van der Waals surface area contributed by atoms with Crippen LogP contribution in [-0.2, 0) is 17.8 Å². The Morgan fingerprint density at radius 3 is 2.62 bits per heavy atom. The molecule has 0 radical (unpaired) electrons. The molecule has 0 spiro atoms. The first kappa shape index (κ1) is 19.0. The second-order valence-corrected chi connectivity index (χ2v) is 8.09. The van der Waals surface area contributed by atoms with E-state index in [0.717, 1.165) is 23.9 Å². The van der Waals surface area contributed by atoms with Crippen molar-refractivity contribution in [1.82, 2.24) is 20.1 Å². The van der Waals surface area contributed by atoms with E-state index in [2.05, 4.69) is 65.1 Å². The summed E-state index contributed by atoms with van der Waals surface area (Å²) in [6.07, 6.45) is 3.27. The van der Waals surface area contributed by atoms with Gasteiger partial charge in [-0.05, 0) is 43.2 Å². The van der Waals surface area contributed by atoms with E-state index in [1.165, 1.54) is 35.7 Å². The van der Waals surface area contributed by atoms with Gasteiger partial charge in [-0.1, -0.05) is 49.9 Å². The molecule has 1 saturated carbocycles. The predicted octanol–water partition coefficient (Wildman–Crippen LogP) is 3.75. The Hall–Kier alpha value is -1.82. The summed E-state index contributed by atoms with van der Waals surface area (Å²) in [7, 11) is 0. The van der Waals surface area contributed by atoms with Crippen molar-refractivity contribution in [1.29, 1.82) is 0 Å². The largest absolute Gasteiger partial charge is 0.355 e. The van der Waals surface area contributed by atoms with Crippen LogP contribution in [0.2, 0.25) is 0 Å². The third kappa shape index (κ3) is 4.87. The number of carbonyl (C=O) groups is 1. The fourth-order valence-corrected chi connectivity index (χ4v) is 3.78. The highest BCUT2D eigenvalue weighted by molar-refractivity contribution is 7.99. The normalized spacial score (nSPS) is 14.0. The molecule has 6 heteroatoms. The van der Waals surface area contributed by atoms with Crippen LogP contribution in [0.3, 0.4) is 0 Å². The molecule has 1 aliphatic rings. The van der Waals surface area contributed by atoms with Crippen molar-refractivity contribution in [3.63, 3.8) is 0 Å². The highest BCUT2D eigenvalue weighted by Crippen LogP contribution is 2.39. The van der Waals surface area contributed by atoms with Gasteiger partial charge in [0.2, 0.25) is 5.91 Å². The number of rotatable bonds is 9. The minimum absolute atomic E-state index is 0.0485. The van der Waals surface area contributed by atoms with Gasteiger partial charge in [-0.25, -0.2) is 0 Å². The highest BCUT2D eigenvalue weighted by atomic mass is 32.2. The van der Waals surface area contributed by atoms with E-state index >= 15 is 0 Å². The average Bonchev–Trinajstić information content (AvgIpc) is 3.40. The molecule has 0 atom stereocenters. The molecule has 2 aromatic rings. The van der Waals surface area contributed by atoms with Gasteiger partial charge in [0.05, 0.1) is 5.75 Å². The number of hydrogen-bond acceptors (Lipinski definition) is 4. The molecular weight excluding hydrogens is 344 g/mol. The zero-order valence-corrected chi connectivity index (χ0v) is 16.7. The van der Waals surface area contributed by atoms with E-state index in [-0.39, 0.29) is 5.91 Å². The lowest BCUT2D eigenvalue weighted by atomic mass is 10.0. The molecule has 0 unspecified atom stereocenters. The van der Waals surface area contributed by atoms with Gasteiger partial charge in [0.25, 0.3) is 0 Å². The van der Waals surface area contributed by atoms with Crippen LogP contribution in [0.15, 0.2) is 29.4 Å². The Morgan fingerprint density at radius 2 is 2.00 bits per heavy atom. The number of aromatic nitrogens is 3. The van der Waals surface area contributed by atoms with Crippen LogP contribution < -0.4 is 5.32 Å². The van der Waals surface area contributed by atoms with E-state index in [1.54, 1.807) is 0 Å². The molecule has 1 aliphatic carbocycles. The van der Waals surface area contributed by atoms with Crippen molar-refractivity contribution in [3.05, 3.63) is 41.2 Å². The van der Waals surface area contributed by atoms with Crippen molar-refractivity contribution >= 4 is 17.7 Å². The van der Waals surface area contributed by atoms with Gasteiger partial charge >= 0.3 is 0 Å². The number of thioether (sulfide) groups is 1. The molecule has 5 nitrogen and oxygen atoms in total. The standard InChI is InChI=1S/C20H28N4OS/c1-4-24-19(17-9-10-17)22-23-20(24)26-13-18(25)21-12-11-15-5-7-16(8-6-15)14(2)3/h5-8,14,17H,4,9-13H2,1-3H3,(H,21,25). The molecular formula is C20H28N4OS. The highest BCUT2D eigenvalue weighted by Gasteiger charge is 2.30. The molecule has 0 aliphatic heterocycles. The monoisotopic (exact) mass is 372 g/mol. The number of nitrogens with zero attached hydrogens (tertiary/aromatic N) is 3. The van der Waals surface area contributed by atoms with Gasteiger partial charge in [-0.15, -0.1) is 10.2 Å². The number of amides is 1. The second-order valence-electron chi connectivity index (χ2n) is 7.14. The molecule has 1 aromatic heterocycles. The quantitative estimate of drug-likeness (QED) is 0.681. The van der Waals surface area contributed by atoms with Crippen LogP contribution in [0.1, 0.15) is 62.4 Å². The minimum Gasteiger partial charge on any atom is -0.355 e. The molecule has 1 fully saturated rings. The molecule has 3 rings (SSSR count). The molecule has 0 saturated heterocycles. The first-order chi connectivity index (χ1) is 12.6. The summed E-state index contributed by atoms with van der Waals surface area (Å²) in [6.45, 7) is 8.01. The van der Waals surface area contributed by atoms with E-state index in [0.29, 0.717) is 24.1 Å². The maximum Gasteiger partial charge on any atom is 0.230 e. The first-order valence-corrected chi connectivity index (χ1v) is 10.5. The molecule has 26 heavy (non-hydrogen) atoms. The van der Waals surface area contributed by atoms with Gasteiger partial charge in [0.1, 0.15) is 5.82 Å². The van der Waals surface area contributed by atoms with Crippen LogP contribution in [-0.4, -0.2) is 33.0 Å². The number of nitrogens with one attached hydrogen (secondary N) is 1. The summed E-state index contributed by atoms with van der Waals surface area (Å²) >= 11 is 1.47. The van der Waals surface area contributed by atoms with Gasteiger partial charge in [0.15, 0.2) is 5.16 Å². The minimum atomic E-state index is 0.0485. The Kier molecular flexibility index (Phi) is 6.35. The summed E-state index contributed by atoms with van der Waals surface area (Å²) < 4.78 is 2.14. The van der Waals surface area contributed by atoms with Crippen molar-refractivity contribution in [2.24, 2.45) is 0 Å². The molecule has 0 bridgehead atoms. The van der Waals surface area contributed by atoms with Gasteiger partial charge in [-0.2, -0.15) is 0 Å². The Morgan fingerprint density at radius 1 is 1.27 bits per heavy atom. The maximum atomic E-state index is 12.1.